The topological polar surface area (TPSA) is 46.5 Å². The van der Waals surface area contributed by atoms with Gasteiger partial charge in [0.05, 0.1) is 12.0 Å². The van der Waals surface area contributed by atoms with Crippen molar-refractivity contribution in [1.82, 2.24) is 0 Å². The molecular formula is C13H16O3. The van der Waals surface area contributed by atoms with E-state index in [-0.39, 0.29) is 6.10 Å². The molecule has 0 saturated carbocycles. The van der Waals surface area contributed by atoms with Crippen molar-refractivity contribution in [2.75, 3.05) is 6.61 Å². The normalized spacial score (nSPS) is 24.6. The lowest BCUT2D eigenvalue weighted by atomic mass is 9.93. The number of carbonyl (C=O) groups is 1. The fourth-order valence-electron chi connectivity index (χ4n) is 2.35. The van der Waals surface area contributed by atoms with Crippen molar-refractivity contribution in [2.45, 2.75) is 26.4 Å². The lowest BCUT2D eigenvalue weighted by molar-refractivity contribution is -0.143. The minimum Gasteiger partial charge on any atom is -0.481 e. The van der Waals surface area contributed by atoms with Crippen molar-refractivity contribution in [3.63, 3.8) is 0 Å². The highest BCUT2D eigenvalue weighted by molar-refractivity contribution is 5.71. The van der Waals surface area contributed by atoms with Gasteiger partial charge in [0.1, 0.15) is 0 Å². The number of ether oxygens (including phenoxy) is 1. The van der Waals surface area contributed by atoms with Crippen LogP contribution in [0.1, 0.15) is 29.2 Å². The molecule has 1 aromatic rings. The second-order valence-electron chi connectivity index (χ2n) is 4.45. The summed E-state index contributed by atoms with van der Waals surface area (Å²) in [6.07, 6.45) is 0.323. The Morgan fingerprint density at radius 2 is 1.94 bits per heavy atom. The van der Waals surface area contributed by atoms with Crippen LogP contribution in [-0.4, -0.2) is 17.7 Å². The van der Waals surface area contributed by atoms with Crippen molar-refractivity contribution in [3.05, 3.63) is 34.9 Å². The third kappa shape index (κ3) is 2.09. The fraction of sp³-hybridized carbons (Fsp3) is 0.462. The molecule has 0 bridgehead atoms. The molecule has 0 spiro atoms. The van der Waals surface area contributed by atoms with E-state index in [1.807, 2.05) is 26.0 Å². The van der Waals surface area contributed by atoms with Gasteiger partial charge in [0.25, 0.3) is 0 Å². The summed E-state index contributed by atoms with van der Waals surface area (Å²) < 4.78 is 5.54. The summed E-state index contributed by atoms with van der Waals surface area (Å²) in [6.45, 7) is 4.57. The van der Waals surface area contributed by atoms with E-state index in [2.05, 4.69) is 6.07 Å². The zero-order valence-electron chi connectivity index (χ0n) is 9.56. The number of rotatable bonds is 2. The van der Waals surface area contributed by atoms with Crippen molar-refractivity contribution in [1.29, 1.82) is 0 Å². The third-order valence-electron chi connectivity index (χ3n) is 2.98. The Morgan fingerprint density at radius 3 is 2.50 bits per heavy atom. The molecule has 0 amide bonds. The van der Waals surface area contributed by atoms with Crippen LogP contribution in [0.25, 0.3) is 0 Å². The van der Waals surface area contributed by atoms with Crippen molar-refractivity contribution >= 4 is 5.97 Å². The maximum Gasteiger partial charge on any atom is 0.309 e. The molecule has 1 aliphatic rings. The number of carboxylic acid groups (broad SMARTS) is 1. The smallest absolute Gasteiger partial charge is 0.309 e. The molecule has 1 saturated heterocycles. The molecule has 0 aliphatic carbocycles. The molecular weight excluding hydrogens is 204 g/mol. The Labute approximate surface area is 95.0 Å². The summed E-state index contributed by atoms with van der Waals surface area (Å²) in [6, 6.07) is 6.10. The van der Waals surface area contributed by atoms with Gasteiger partial charge in [-0.15, -0.1) is 0 Å². The molecule has 1 fully saturated rings. The predicted octanol–water partition coefficient (Wildman–Crippen LogP) is 2.47. The second kappa shape index (κ2) is 4.26. The van der Waals surface area contributed by atoms with E-state index in [0.29, 0.717) is 13.0 Å². The van der Waals surface area contributed by atoms with Crippen LogP contribution in [0.5, 0.6) is 0 Å². The molecule has 0 radical (unpaired) electrons. The van der Waals surface area contributed by atoms with E-state index < -0.39 is 11.9 Å². The van der Waals surface area contributed by atoms with Crippen LogP contribution < -0.4 is 0 Å². The van der Waals surface area contributed by atoms with Crippen LogP contribution in [0, 0.1) is 19.8 Å². The summed E-state index contributed by atoms with van der Waals surface area (Å²) >= 11 is 0. The maximum atomic E-state index is 11.1. The van der Waals surface area contributed by atoms with Gasteiger partial charge in [0.2, 0.25) is 0 Å². The van der Waals surface area contributed by atoms with Crippen LogP contribution in [0.4, 0.5) is 0 Å². The van der Waals surface area contributed by atoms with Crippen LogP contribution in [-0.2, 0) is 9.53 Å². The SMILES string of the molecule is Cc1cc(C)cc(C2OCCC2C(=O)O)c1. The van der Waals surface area contributed by atoms with E-state index in [9.17, 15) is 4.79 Å². The number of carboxylic acids is 1. The van der Waals surface area contributed by atoms with Gasteiger partial charge in [-0.2, -0.15) is 0 Å². The van der Waals surface area contributed by atoms with Gasteiger partial charge in [0.15, 0.2) is 0 Å². The third-order valence-corrected chi connectivity index (χ3v) is 2.98. The van der Waals surface area contributed by atoms with Crippen molar-refractivity contribution < 1.29 is 14.6 Å². The molecule has 16 heavy (non-hydrogen) atoms. The molecule has 0 aromatic heterocycles. The van der Waals surface area contributed by atoms with Gasteiger partial charge in [-0.3, -0.25) is 4.79 Å². The lowest BCUT2D eigenvalue weighted by Gasteiger charge is -2.16. The predicted molar refractivity (Wildman–Crippen MR) is 60.4 cm³/mol. The maximum absolute atomic E-state index is 11.1. The van der Waals surface area contributed by atoms with E-state index in [0.717, 1.165) is 16.7 Å². The summed E-state index contributed by atoms with van der Waals surface area (Å²) in [5, 5.41) is 9.10. The molecule has 3 nitrogen and oxygen atoms in total. The average Bonchev–Trinajstić information content (AvgIpc) is 2.63. The number of hydrogen-bond donors (Lipinski definition) is 1. The quantitative estimate of drug-likeness (QED) is 0.832. The molecule has 3 heteroatoms. The number of aliphatic carboxylic acids is 1. The minimum absolute atomic E-state index is 0.281. The summed E-state index contributed by atoms with van der Waals surface area (Å²) in [4.78, 5) is 11.1. The fourth-order valence-corrected chi connectivity index (χ4v) is 2.35. The Morgan fingerprint density at radius 1 is 1.31 bits per heavy atom. The van der Waals surface area contributed by atoms with Gasteiger partial charge < -0.3 is 9.84 Å². The number of aryl methyl sites for hydroxylation is 2. The van der Waals surface area contributed by atoms with Crippen LogP contribution in [0.3, 0.4) is 0 Å². The first-order chi connectivity index (χ1) is 7.58. The molecule has 86 valence electrons. The van der Waals surface area contributed by atoms with Crippen molar-refractivity contribution in [2.24, 2.45) is 5.92 Å². The average molecular weight is 220 g/mol. The highest BCUT2D eigenvalue weighted by Gasteiger charge is 2.35. The van der Waals surface area contributed by atoms with E-state index in [1.54, 1.807) is 0 Å². The Hall–Kier alpha value is -1.35. The molecule has 1 heterocycles. The largest absolute Gasteiger partial charge is 0.481 e. The first-order valence-electron chi connectivity index (χ1n) is 5.50. The lowest BCUT2D eigenvalue weighted by Crippen LogP contribution is -2.17. The monoisotopic (exact) mass is 220 g/mol. The Balaban J connectivity index is 2.32. The second-order valence-corrected chi connectivity index (χ2v) is 4.45. The van der Waals surface area contributed by atoms with Gasteiger partial charge in [0, 0.05) is 6.61 Å². The standard InChI is InChI=1S/C13H16O3/c1-8-5-9(2)7-10(6-8)12-11(13(14)15)3-4-16-12/h5-7,11-12H,3-4H2,1-2H3,(H,14,15). The van der Waals surface area contributed by atoms with Gasteiger partial charge in [-0.25, -0.2) is 0 Å². The van der Waals surface area contributed by atoms with Crippen molar-refractivity contribution in [3.8, 4) is 0 Å². The zero-order valence-corrected chi connectivity index (χ0v) is 9.56. The van der Waals surface area contributed by atoms with E-state index >= 15 is 0 Å². The zero-order chi connectivity index (χ0) is 11.7. The molecule has 1 aliphatic heterocycles. The summed E-state index contributed by atoms with van der Waals surface area (Å²) in [7, 11) is 0. The molecule has 2 atom stereocenters. The van der Waals surface area contributed by atoms with E-state index in [4.69, 9.17) is 9.84 Å². The Kier molecular flexibility index (Phi) is 2.97. The molecule has 2 rings (SSSR count). The molecule has 2 unspecified atom stereocenters. The van der Waals surface area contributed by atoms with Gasteiger partial charge in [-0.1, -0.05) is 29.3 Å². The van der Waals surface area contributed by atoms with Crippen LogP contribution in [0.2, 0.25) is 0 Å². The van der Waals surface area contributed by atoms with Crippen LogP contribution in [0.15, 0.2) is 18.2 Å². The molecule has 1 aromatic carbocycles. The van der Waals surface area contributed by atoms with Gasteiger partial charge >= 0.3 is 5.97 Å². The summed E-state index contributed by atoms with van der Waals surface area (Å²) in [5.41, 5.74) is 3.28. The highest BCUT2D eigenvalue weighted by Crippen LogP contribution is 2.35. The van der Waals surface area contributed by atoms with Crippen LogP contribution >= 0.6 is 0 Å². The highest BCUT2D eigenvalue weighted by atomic mass is 16.5. The molecule has 1 N–H and O–H groups in total. The number of benzene rings is 1. The van der Waals surface area contributed by atoms with Gasteiger partial charge in [-0.05, 0) is 25.8 Å². The number of hydrogen-bond acceptors (Lipinski definition) is 2. The first kappa shape index (κ1) is 11.1. The minimum atomic E-state index is -0.762. The van der Waals surface area contributed by atoms with E-state index in [1.165, 1.54) is 0 Å². The Bertz CT molecular complexity index is 391. The summed E-state index contributed by atoms with van der Waals surface area (Å²) in [5.74, 6) is -1.16. The first-order valence-corrected chi connectivity index (χ1v) is 5.50.